The second-order valence-electron chi connectivity index (χ2n) is 6.23. The number of carbonyl (C=O) groups excluding carboxylic acids is 1. The molecule has 1 amide bonds. The minimum atomic E-state index is -0.0566. The quantitative estimate of drug-likeness (QED) is 0.580. The van der Waals surface area contributed by atoms with Crippen LogP contribution in [-0.4, -0.2) is 22.1 Å². The molecule has 1 unspecified atom stereocenters. The van der Waals surface area contributed by atoms with Crippen LogP contribution >= 0.6 is 11.6 Å². The Morgan fingerprint density at radius 2 is 2.00 bits per heavy atom. The van der Waals surface area contributed by atoms with Gasteiger partial charge in [0.2, 0.25) is 5.91 Å². The average molecular weight is 384 g/mol. The van der Waals surface area contributed by atoms with Crippen molar-refractivity contribution in [1.82, 2.24) is 14.9 Å². The molecule has 0 radical (unpaired) electrons. The largest absolute Gasteiger partial charge is 0.492 e. The van der Waals surface area contributed by atoms with E-state index in [1.165, 1.54) is 0 Å². The van der Waals surface area contributed by atoms with Gasteiger partial charge in [-0.25, -0.2) is 4.98 Å². The predicted molar refractivity (Wildman–Crippen MR) is 106 cm³/mol. The van der Waals surface area contributed by atoms with Gasteiger partial charge in [-0.1, -0.05) is 35.9 Å². The molecule has 6 heteroatoms. The number of rotatable bonds is 8. The Kier molecular flexibility index (Phi) is 6.49. The molecule has 1 heterocycles. The zero-order valence-corrected chi connectivity index (χ0v) is 15.9. The molecular formula is C21H22ClN3O2. The lowest BCUT2D eigenvalue weighted by Gasteiger charge is -2.15. The molecule has 0 fully saturated rings. The van der Waals surface area contributed by atoms with Gasteiger partial charge in [0.05, 0.1) is 24.0 Å². The van der Waals surface area contributed by atoms with Crippen molar-refractivity contribution in [3.8, 4) is 11.4 Å². The summed E-state index contributed by atoms with van der Waals surface area (Å²) in [6.45, 7) is 2.43. The third-order valence-corrected chi connectivity index (χ3v) is 4.53. The van der Waals surface area contributed by atoms with Crippen molar-refractivity contribution in [3.63, 3.8) is 0 Å². The van der Waals surface area contributed by atoms with E-state index in [-0.39, 0.29) is 11.9 Å². The number of halogens is 1. The summed E-state index contributed by atoms with van der Waals surface area (Å²) in [7, 11) is 0. The van der Waals surface area contributed by atoms with Crippen LogP contribution < -0.4 is 10.1 Å². The number of carbonyl (C=O) groups is 1. The van der Waals surface area contributed by atoms with Crippen LogP contribution in [0.2, 0.25) is 5.02 Å². The molecule has 0 aliphatic carbocycles. The van der Waals surface area contributed by atoms with Crippen LogP contribution in [0.25, 0.3) is 5.69 Å². The highest BCUT2D eigenvalue weighted by Gasteiger charge is 2.10. The molecule has 0 aliphatic rings. The molecule has 2 aromatic carbocycles. The summed E-state index contributed by atoms with van der Waals surface area (Å²) in [5.74, 6) is 0.648. The monoisotopic (exact) mass is 383 g/mol. The number of nitrogens with zero attached hydrogens (tertiary/aromatic N) is 2. The van der Waals surface area contributed by atoms with Gasteiger partial charge in [0, 0.05) is 24.5 Å². The van der Waals surface area contributed by atoms with Gasteiger partial charge in [-0.15, -0.1) is 0 Å². The highest BCUT2D eigenvalue weighted by molar-refractivity contribution is 6.32. The molecule has 140 valence electrons. The number of para-hydroxylation sites is 1. The number of hydrogen-bond acceptors (Lipinski definition) is 3. The lowest BCUT2D eigenvalue weighted by molar-refractivity contribution is -0.121. The second-order valence-corrected chi connectivity index (χ2v) is 6.64. The molecule has 0 bridgehead atoms. The molecule has 0 aliphatic heterocycles. The van der Waals surface area contributed by atoms with Crippen LogP contribution in [0, 0.1) is 0 Å². The van der Waals surface area contributed by atoms with Crippen molar-refractivity contribution >= 4 is 17.5 Å². The standard InChI is InChI=1S/C21H22ClN3O2/c1-16(17-8-10-18(11-9-17)25-13-12-23-15-25)24-21(26)7-4-14-27-20-6-3-2-5-19(20)22/h2-3,5-6,8-13,15-16H,4,7,14H2,1H3,(H,24,26). The summed E-state index contributed by atoms with van der Waals surface area (Å²) >= 11 is 6.04. The van der Waals surface area contributed by atoms with Gasteiger partial charge in [0.15, 0.2) is 0 Å². The first kappa shape index (κ1) is 19.0. The van der Waals surface area contributed by atoms with Gasteiger partial charge < -0.3 is 14.6 Å². The summed E-state index contributed by atoms with van der Waals surface area (Å²) in [6.07, 6.45) is 6.42. The molecule has 0 saturated heterocycles. The van der Waals surface area contributed by atoms with Crippen molar-refractivity contribution in [1.29, 1.82) is 0 Å². The highest BCUT2D eigenvalue weighted by Crippen LogP contribution is 2.23. The molecule has 27 heavy (non-hydrogen) atoms. The average Bonchev–Trinajstić information content (AvgIpc) is 3.21. The van der Waals surface area contributed by atoms with Crippen molar-refractivity contribution in [3.05, 3.63) is 77.8 Å². The molecule has 5 nitrogen and oxygen atoms in total. The number of ether oxygens (including phenoxy) is 1. The van der Waals surface area contributed by atoms with E-state index in [4.69, 9.17) is 16.3 Å². The minimum absolute atomic E-state index is 0.00365. The lowest BCUT2D eigenvalue weighted by Crippen LogP contribution is -2.26. The van der Waals surface area contributed by atoms with Gasteiger partial charge in [0.1, 0.15) is 5.75 Å². The van der Waals surface area contributed by atoms with E-state index in [0.717, 1.165) is 11.3 Å². The Hall–Kier alpha value is -2.79. The fourth-order valence-electron chi connectivity index (χ4n) is 2.72. The number of benzene rings is 2. The number of aromatic nitrogens is 2. The number of imidazole rings is 1. The van der Waals surface area contributed by atoms with Crippen molar-refractivity contribution in [2.24, 2.45) is 0 Å². The van der Waals surface area contributed by atoms with Crippen LogP contribution in [0.4, 0.5) is 0 Å². The van der Waals surface area contributed by atoms with Gasteiger partial charge in [-0.05, 0) is 43.2 Å². The van der Waals surface area contributed by atoms with Gasteiger partial charge in [-0.2, -0.15) is 0 Å². The maximum absolute atomic E-state index is 12.2. The molecular weight excluding hydrogens is 362 g/mol. The molecule has 1 atom stereocenters. The van der Waals surface area contributed by atoms with Gasteiger partial charge >= 0.3 is 0 Å². The Balaban J connectivity index is 1.43. The minimum Gasteiger partial charge on any atom is -0.492 e. The Morgan fingerprint density at radius 1 is 1.22 bits per heavy atom. The maximum atomic E-state index is 12.2. The molecule has 0 spiro atoms. The Labute approximate surface area is 164 Å². The van der Waals surface area contributed by atoms with E-state index < -0.39 is 0 Å². The first-order valence-electron chi connectivity index (χ1n) is 8.88. The number of nitrogens with one attached hydrogen (secondary N) is 1. The molecule has 3 rings (SSSR count). The van der Waals surface area contributed by atoms with Crippen LogP contribution in [0.5, 0.6) is 5.75 Å². The third-order valence-electron chi connectivity index (χ3n) is 4.22. The van der Waals surface area contributed by atoms with E-state index in [2.05, 4.69) is 10.3 Å². The van der Waals surface area contributed by atoms with Crippen molar-refractivity contribution in [2.45, 2.75) is 25.8 Å². The summed E-state index contributed by atoms with van der Waals surface area (Å²) in [5, 5.41) is 3.60. The summed E-state index contributed by atoms with van der Waals surface area (Å²) in [4.78, 5) is 16.2. The SMILES string of the molecule is CC(NC(=O)CCCOc1ccccc1Cl)c1ccc(-n2ccnc2)cc1. The highest BCUT2D eigenvalue weighted by atomic mass is 35.5. The van der Waals surface area contributed by atoms with E-state index in [9.17, 15) is 4.79 Å². The van der Waals surface area contributed by atoms with Crippen LogP contribution in [-0.2, 0) is 4.79 Å². The van der Waals surface area contributed by atoms with Crippen LogP contribution in [0.15, 0.2) is 67.3 Å². The Bertz CT molecular complexity index is 863. The van der Waals surface area contributed by atoms with Crippen LogP contribution in [0.3, 0.4) is 0 Å². The maximum Gasteiger partial charge on any atom is 0.220 e. The smallest absolute Gasteiger partial charge is 0.220 e. The normalized spacial score (nSPS) is 11.8. The van der Waals surface area contributed by atoms with E-state index >= 15 is 0 Å². The predicted octanol–water partition coefficient (Wildman–Crippen LogP) is 4.56. The lowest BCUT2D eigenvalue weighted by atomic mass is 10.1. The van der Waals surface area contributed by atoms with E-state index in [1.807, 2.05) is 60.2 Å². The molecule has 1 N–H and O–H groups in total. The van der Waals surface area contributed by atoms with Crippen molar-refractivity contribution < 1.29 is 9.53 Å². The second kappa shape index (κ2) is 9.24. The van der Waals surface area contributed by atoms with Gasteiger partial charge in [-0.3, -0.25) is 4.79 Å². The third kappa shape index (κ3) is 5.34. The van der Waals surface area contributed by atoms with Gasteiger partial charge in [0.25, 0.3) is 0 Å². The number of amides is 1. The van der Waals surface area contributed by atoms with Crippen molar-refractivity contribution in [2.75, 3.05) is 6.61 Å². The molecule has 1 aromatic heterocycles. The first-order valence-corrected chi connectivity index (χ1v) is 9.26. The summed E-state index contributed by atoms with van der Waals surface area (Å²) < 4.78 is 7.54. The topological polar surface area (TPSA) is 56.1 Å². The molecule has 0 saturated carbocycles. The Morgan fingerprint density at radius 3 is 2.70 bits per heavy atom. The van der Waals surface area contributed by atoms with Crippen LogP contribution in [0.1, 0.15) is 31.4 Å². The summed E-state index contributed by atoms with van der Waals surface area (Å²) in [6, 6.07) is 15.3. The zero-order chi connectivity index (χ0) is 19.1. The summed E-state index contributed by atoms with van der Waals surface area (Å²) in [5.41, 5.74) is 2.09. The number of hydrogen-bond donors (Lipinski definition) is 1. The van der Waals surface area contributed by atoms with E-state index in [1.54, 1.807) is 18.6 Å². The fraction of sp³-hybridized carbons (Fsp3) is 0.238. The fourth-order valence-corrected chi connectivity index (χ4v) is 2.91. The van der Waals surface area contributed by atoms with E-state index in [0.29, 0.717) is 30.2 Å². The first-order chi connectivity index (χ1) is 13.1. The zero-order valence-electron chi connectivity index (χ0n) is 15.1. The molecule has 3 aromatic rings.